The number of aromatic nitrogens is 2. The summed E-state index contributed by atoms with van der Waals surface area (Å²) in [4.78, 5) is 26.8. The van der Waals surface area contributed by atoms with Crippen LogP contribution in [0.5, 0.6) is 5.75 Å². The van der Waals surface area contributed by atoms with Gasteiger partial charge in [-0.25, -0.2) is 4.79 Å². The van der Waals surface area contributed by atoms with Crippen LogP contribution in [0.1, 0.15) is 37.5 Å². The van der Waals surface area contributed by atoms with Crippen molar-refractivity contribution in [2.75, 3.05) is 13.1 Å². The van der Waals surface area contributed by atoms with Crippen molar-refractivity contribution in [3.8, 4) is 34.7 Å². The zero-order valence-electron chi connectivity index (χ0n) is 21.9. The van der Waals surface area contributed by atoms with Crippen LogP contribution in [-0.4, -0.2) is 68.6 Å². The fourth-order valence-corrected chi connectivity index (χ4v) is 3.99. The first-order chi connectivity index (χ1) is 18.8. The van der Waals surface area contributed by atoms with E-state index in [1.54, 1.807) is 25.1 Å². The molecular formula is C27H27F3N4O6. The van der Waals surface area contributed by atoms with Crippen LogP contribution >= 0.6 is 0 Å². The molecule has 0 amide bonds. The van der Waals surface area contributed by atoms with Gasteiger partial charge in [0, 0.05) is 24.2 Å². The number of carbonyl (C=O) groups is 2. The number of fused-ring (bicyclic) bond motifs is 1. The largest absolute Gasteiger partial charge is 0.490 e. The number of hydrogen-bond donors (Lipinski definition) is 2. The lowest BCUT2D eigenvalue weighted by Crippen LogP contribution is -2.40. The van der Waals surface area contributed by atoms with Gasteiger partial charge in [-0.05, 0) is 69.0 Å². The molecule has 0 bridgehead atoms. The summed E-state index contributed by atoms with van der Waals surface area (Å²) in [5.74, 6) is -2.24. The summed E-state index contributed by atoms with van der Waals surface area (Å²) >= 11 is 0. The Balaban J connectivity index is 0.000000559. The smallest absolute Gasteiger partial charge is 0.490 e. The van der Waals surface area contributed by atoms with Crippen molar-refractivity contribution < 1.29 is 42.2 Å². The van der Waals surface area contributed by atoms with Gasteiger partial charge in [0.25, 0.3) is 5.89 Å². The minimum atomic E-state index is -5.08. The predicted molar refractivity (Wildman–Crippen MR) is 135 cm³/mol. The number of nitrogens with zero attached hydrogens (tertiary/aromatic N) is 4. The molecule has 40 heavy (non-hydrogen) atoms. The van der Waals surface area contributed by atoms with E-state index in [0.29, 0.717) is 41.7 Å². The third kappa shape index (κ3) is 7.57. The van der Waals surface area contributed by atoms with Crippen LogP contribution in [0.25, 0.3) is 22.8 Å². The van der Waals surface area contributed by atoms with Crippen LogP contribution in [0, 0.1) is 11.3 Å². The Morgan fingerprint density at radius 1 is 1.05 bits per heavy atom. The molecule has 3 aromatic rings. The summed E-state index contributed by atoms with van der Waals surface area (Å²) in [7, 11) is 0. The van der Waals surface area contributed by atoms with E-state index in [1.165, 1.54) is 11.1 Å². The van der Waals surface area contributed by atoms with Crippen molar-refractivity contribution in [3.05, 3.63) is 53.1 Å². The van der Waals surface area contributed by atoms with Gasteiger partial charge >= 0.3 is 18.1 Å². The minimum absolute atomic E-state index is 0.0365. The van der Waals surface area contributed by atoms with E-state index in [1.807, 2.05) is 24.8 Å². The summed E-state index contributed by atoms with van der Waals surface area (Å²) in [5, 5.41) is 30.1. The number of nitriles is 1. The van der Waals surface area contributed by atoms with E-state index in [2.05, 4.69) is 28.3 Å². The summed E-state index contributed by atoms with van der Waals surface area (Å²) in [5.41, 5.74) is 4.27. The molecule has 0 aliphatic carbocycles. The van der Waals surface area contributed by atoms with Crippen LogP contribution < -0.4 is 4.74 Å². The molecule has 2 aromatic carbocycles. The predicted octanol–water partition coefficient (Wildman–Crippen LogP) is 4.57. The number of benzene rings is 2. The molecule has 1 aliphatic rings. The highest BCUT2D eigenvalue weighted by Gasteiger charge is 2.38. The van der Waals surface area contributed by atoms with Gasteiger partial charge in [0.2, 0.25) is 5.82 Å². The topological polar surface area (TPSA) is 150 Å². The zero-order valence-corrected chi connectivity index (χ0v) is 21.9. The maximum Gasteiger partial charge on any atom is 0.490 e. The van der Waals surface area contributed by atoms with E-state index in [0.717, 1.165) is 18.4 Å². The summed E-state index contributed by atoms with van der Waals surface area (Å²) in [6, 6.07) is 12.9. The molecular weight excluding hydrogens is 533 g/mol. The highest BCUT2D eigenvalue weighted by molar-refractivity contribution is 5.73. The average Bonchev–Trinajstić information content (AvgIpc) is 3.29. The first-order valence-corrected chi connectivity index (χ1v) is 12.2. The second kappa shape index (κ2) is 12.6. The molecule has 2 heterocycles. The molecule has 13 heteroatoms. The number of carboxylic acid groups (broad SMARTS) is 2. The summed E-state index contributed by atoms with van der Waals surface area (Å²) in [6.45, 7) is 6.94. The third-order valence-corrected chi connectivity index (χ3v) is 6.08. The van der Waals surface area contributed by atoms with Gasteiger partial charge in [-0.15, -0.1) is 0 Å². The second-order valence-corrected chi connectivity index (χ2v) is 9.25. The SMILES string of the molecule is CC(C)Oc1ccc(-c2nc(-c3ccc4c(c3)CCN(C(C)C(=O)O)CC4)no2)cc1C#N.O=C(O)C(F)(F)F. The Morgan fingerprint density at radius 2 is 1.68 bits per heavy atom. The number of rotatable bonds is 6. The second-order valence-electron chi connectivity index (χ2n) is 9.25. The van der Waals surface area contributed by atoms with Crippen LogP contribution in [0.4, 0.5) is 13.2 Å². The van der Waals surface area contributed by atoms with Crippen molar-refractivity contribution >= 4 is 11.9 Å². The Morgan fingerprint density at radius 3 is 2.25 bits per heavy atom. The van der Waals surface area contributed by atoms with Crippen LogP contribution in [0.2, 0.25) is 0 Å². The molecule has 0 radical (unpaired) electrons. The Bertz CT molecular complexity index is 1410. The van der Waals surface area contributed by atoms with Crippen molar-refractivity contribution in [1.29, 1.82) is 5.26 Å². The monoisotopic (exact) mass is 560 g/mol. The average molecular weight is 561 g/mol. The third-order valence-electron chi connectivity index (χ3n) is 6.08. The molecule has 1 unspecified atom stereocenters. The van der Waals surface area contributed by atoms with Crippen LogP contribution in [0.3, 0.4) is 0 Å². The molecule has 10 nitrogen and oxygen atoms in total. The van der Waals surface area contributed by atoms with Gasteiger partial charge < -0.3 is 19.5 Å². The molecule has 1 aromatic heterocycles. The van der Waals surface area contributed by atoms with E-state index in [4.69, 9.17) is 19.2 Å². The van der Waals surface area contributed by atoms with Crippen LogP contribution in [0.15, 0.2) is 40.9 Å². The summed E-state index contributed by atoms with van der Waals surface area (Å²) < 4.78 is 42.9. The highest BCUT2D eigenvalue weighted by atomic mass is 19.4. The molecule has 2 N–H and O–H groups in total. The first kappa shape index (κ1) is 30.1. The van der Waals surface area contributed by atoms with Gasteiger partial charge in [0.1, 0.15) is 17.9 Å². The highest BCUT2D eigenvalue weighted by Crippen LogP contribution is 2.29. The normalized spacial score (nSPS) is 14.2. The van der Waals surface area contributed by atoms with E-state index in [9.17, 15) is 28.3 Å². The maximum atomic E-state index is 11.4. The van der Waals surface area contributed by atoms with E-state index >= 15 is 0 Å². The Hall–Kier alpha value is -4.44. The molecule has 0 saturated heterocycles. The van der Waals surface area contributed by atoms with Gasteiger partial charge in [0.15, 0.2) is 0 Å². The van der Waals surface area contributed by atoms with Crippen molar-refractivity contribution in [3.63, 3.8) is 0 Å². The number of hydrogen-bond acceptors (Lipinski definition) is 8. The van der Waals surface area contributed by atoms with Gasteiger partial charge in [0.05, 0.1) is 11.7 Å². The molecule has 1 aliphatic heterocycles. The molecule has 212 valence electrons. The standard InChI is InChI=1S/C25H26N4O4.C2HF3O2/c1-15(2)32-22-7-6-20(13-21(22)14-26)24-27-23(28-33-24)19-5-4-17-8-10-29(16(3)25(30)31)11-9-18(17)12-19;3-2(4,5)1(6)7/h4-7,12-13,15-16H,8-11H2,1-3H3,(H,30,31);(H,6,7). The molecule has 0 saturated carbocycles. The number of carboxylic acids is 2. The minimum Gasteiger partial charge on any atom is -0.490 e. The Kier molecular flexibility index (Phi) is 9.49. The van der Waals surface area contributed by atoms with E-state index < -0.39 is 24.2 Å². The lowest BCUT2D eigenvalue weighted by Gasteiger charge is -2.23. The number of halogens is 3. The lowest BCUT2D eigenvalue weighted by molar-refractivity contribution is -0.192. The number of ether oxygens (including phenoxy) is 1. The van der Waals surface area contributed by atoms with Crippen molar-refractivity contribution in [2.24, 2.45) is 0 Å². The lowest BCUT2D eigenvalue weighted by atomic mass is 10.00. The van der Waals surface area contributed by atoms with Crippen LogP contribution in [-0.2, 0) is 22.4 Å². The zero-order chi connectivity index (χ0) is 29.6. The fourth-order valence-electron chi connectivity index (χ4n) is 3.99. The molecule has 0 fully saturated rings. The molecule has 4 rings (SSSR count). The fraction of sp³-hybridized carbons (Fsp3) is 0.370. The molecule has 1 atom stereocenters. The van der Waals surface area contributed by atoms with Crippen molar-refractivity contribution in [1.82, 2.24) is 15.0 Å². The Labute approximate surface area is 227 Å². The van der Waals surface area contributed by atoms with Crippen molar-refractivity contribution in [2.45, 2.75) is 51.9 Å². The van der Waals surface area contributed by atoms with E-state index in [-0.39, 0.29) is 6.10 Å². The maximum absolute atomic E-state index is 11.4. The summed E-state index contributed by atoms with van der Waals surface area (Å²) in [6.07, 6.45) is -3.56. The first-order valence-electron chi connectivity index (χ1n) is 12.2. The number of aliphatic carboxylic acids is 2. The quantitative estimate of drug-likeness (QED) is 0.439. The number of alkyl halides is 3. The molecule has 0 spiro atoms. The van der Waals surface area contributed by atoms with Gasteiger partial charge in [-0.2, -0.15) is 23.4 Å². The van der Waals surface area contributed by atoms with Gasteiger partial charge in [-0.3, -0.25) is 9.69 Å². The van der Waals surface area contributed by atoms with Gasteiger partial charge in [-0.1, -0.05) is 17.3 Å².